The lowest BCUT2D eigenvalue weighted by Crippen LogP contribution is -1.95. The van der Waals surface area contributed by atoms with E-state index >= 15 is 0 Å². The Balaban J connectivity index is 1.70. The molecule has 0 aliphatic rings. The van der Waals surface area contributed by atoms with Crippen LogP contribution in [0.5, 0.6) is 0 Å². The Morgan fingerprint density at radius 1 is 0.737 bits per heavy atom. The van der Waals surface area contributed by atoms with E-state index in [2.05, 4.69) is 77.6 Å². The number of benzene rings is 2. The molecule has 1 aromatic heterocycles. The predicted molar refractivity (Wildman–Crippen MR) is 80.5 cm³/mol. The molecular weight excluding hydrogens is 250 g/mol. The third-order valence-corrected chi connectivity index (χ3v) is 3.90. The van der Waals surface area contributed by atoms with Gasteiger partial charge >= 0.3 is 0 Å². The molecule has 0 spiro atoms. The van der Waals surface area contributed by atoms with Crippen LogP contribution in [-0.4, -0.2) is 4.57 Å². The summed E-state index contributed by atoms with van der Waals surface area (Å²) in [6, 6.07) is 23.2. The first-order valence-electron chi connectivity index (χ1n) is 6.33. The van der Waals surface area contributed by atoms with Gasteiger partial charge in [-0.2, -0.15) is 0 Å². The maximum Gasteiger partial charge on any atom is 0.0470 e. The summed E-state index contributed by atoms with van der Waals surface area (Å²) in [5, 5.41) is 0. The zero-order chi connectivity index (χ0) is 12.9. The van der Waals surface area contributed by atoms with E-state index in [1.54, 1.807) is 11.8 Å². The van der Waals surface area contributed by atoms with Crippen LogP contribution in [0.25, 0.3) is 0 Å². The van der Waals surface area contributed by atoms with Crippen LogP contribution in [0.1, 0.15) is 5.56 Å². The molecule has 1 heterocycles. The van der Waals surface area contributed by atoms with Crippen LogP contribution in [0.2, 0.25) is 0 Å². The zero-order valence-corrected chi connectivity index (χ0v) is 11.4. The molecule has 94 valence electrons. The second-order valence-corrected chi connectivity index (χ2v) is 5.57. The molecule has 2 heteroatoms. The fourth-order valence-corrected chi connectivity index (χ4v) is 2.88. The maximum absolute atomic E-state index is 2.22. The van der Waals surface area contributed by atoms with E-state index in [0.29, 0.717) is 0 Å². The highest BCUT2D eigenvalue weighted by molar-refractivity contribution is 7.99. The third-order valence-electron chi connectivity index (χ3n) is 2.91. The van der Waals surface area contributed by atoms with Crippen molar-refractivity contribution in [2.75, 3.05) is 0 Å². The minimum atomic E-state index is 0.927. The number of aromatic nitrogens is 1. The van der Waals surface area contributed by atoms with E-state index in [0.717, 1.165) is 6.54 Å². The number of hydrogen-bond acceptors (Lipinski definition) is 1. The molecule has 0 radical (unpaired) electrons. The summed E-state index contributed by atoms with van der Waals surface area (Å²) < 4.78 is 2.22. The van der Waals surface area contributed by atoms with Crippen molar-refractivity contribution in [1.29, 1.82) is 0 Å². The molecule has 1 nitrogen and oxygen atoms in total. The average molecular weight is 265 g/mol. The molecule has 0 aliphatic carbocycles. The Morgan fingerprint density at radius 2 is 1.42 bits per heavy atom. The van der Waals surface area contributed by atoms with E-state index in [1.807, 2.05) is 6.07 Å². The molecule has 0 bridgehead atoms. The molecule has 3 rings (SSSR count). The molecule has 3 aromatic rings. The smallest absolute Gasteiger partial charge is 0.0470 e. The lowest BCUT2D eigenvalue weighted by Gasteiger charge is -2.02. The molecule has 19 heavy (non-hydrogen) atoms. The summed E-state index contributed by atoms with van der Waals surface area (Å²) in [6.07, 6.45) is 4.34. The van der Waals surface area contributed by atoms with Crippen molar-refractivity contribution >= 4 is 11.8 Å². The van der Waals surface area contributed by atoms with Crippen LogP contribution in [0.4, 0.5) is 0 Å². The lowest BCUT2D eigenvalue weighted by molar-refractivity contribution is 0.801. The molecule has 0 fully saturated rings. The highest BCUT2D eigenvalue weighted by atomic mass is 32.2. The van der Waals surface area contributed by atoms with Crippen molar-refractivity contribution in [2.24, 2.45) is 0 Å². The van der Waals surface area contributed by atoms with Crippen LogP contribution >= 0.6 is 11.8 Å². The molecule has 0 aliphatic heterocycles. The molecule has 0 atom stereocenters. The van der Waals surface area contributed by atoms with E-state index in [4.69, 9.17) is 0 Å². The Morgan fingerprint density at radius 3 is 2.16 bits per heavy atom. The molecule has 0 saturated heterocycles. The van der Waals surface area contributed by atoms with Crippen LogP contribution in [-0.2, 0) is 6.54 Å². The Labute approximate surface area is 117 Å². The minimum Gasteiger partial charge on any atom is -0.349 e. The first-order valence-corrected chi connectivity index (χ1v) is 7.14. The van der Waals surface area contributed by atoms with Gasteiger partial charge in [0.2, 0.25) is 0 Å². The largest absolute Gasteiger partial charge is 0.349 e. The van der Waals surface area contributed by atoms with Crippen molar-refractivity contribution in [2.45, 2.75) is 16.3 Å². The first-order chi connectivity index (χ1) is 9.40. The van der Waals surface area contributed by atoms with Crippen LogP contribution in [0, 0.1) is 0 Å². The Bertz CT molecular complexity index is 573. The quantitative estimate of drug-likeness (QED) is 0.662. The van der Waals surface area contributed by atoms with E-state index in [9.17, 15) is 0 Å². The van der Waals surface area contributed by atoms with Gasteiger partial charge in [0, 0.05) is 28.7 Å². The minimum absolute atomic E-state index is 0.927. The highest BCUT2D eigenvalue weighted by Gasteiger charge is 2.00. The summed E-state index contributed by atoms with van der Waals surface area (Å²) in [4.78, 5) is 2.56. The van der Waals surface area contributed by atoms with Gasteiger partial charge in [-0.25, -0.2) is 0 Å². The van der Waals surface area contributed by atoms with Crippen molar-refractivity contribution in [1.82, 2.24) is 4.57 Å². The van der Waals surface area contributed by atoms with Gasteiger partial charge < -0.3 is 4.57 Å². The van der Waals surface area contributed by atoms with Gasteiger partial charge in [-0.3, -0.25) is 0 Å². The normalized spacial score (nSPS) is 10.5. The summed E-state index contributed by atoms with van der Waals surface area (Å²) in [5.41, 5.74) is 1.33. The van der Waals surface area contributed by atoms with Gasteiger partial charge in [0.05, 0.1) is 0 Å². The molecule has 0 unspecified atom stereocenters. The Kier molecular flexibility index (Phi) is 3.70. The topological polar surface area (TPSA) is 4.93 Å². The zero-order valence-electron chi connectivity index (χ0n) is 10.6. The van der Waals surface area contributed by atoms with Gasteiger partial charge in [0.25, 0.3) is 0 Å². The summed E-state index contributed by atoms with van der Waals surface area (Å²) >= 11 is 1.80. The third kappa shape index (κ3) is 3.30. The van der Waals surface area contributed by atoms with E-state index in [1.165, 1.54) is 15.4 Å². The second-order valence-electron chi connectivity index (χ2n) is 4.42. The summed E-state index contributed by atoms with van der Waals surface area (Å²) in [5.74, 6) is 0. The standard InChI is InChI=1S/C17H15NS/c1-3-7-15(8-4-1)13-18-12-11-17(14-18)19-16-9-5-2-6-10-16/h1-12,14H,13H2. The van der Waals surface area contributed by atoms with Crippen LogP contribution in [0.15, 0.2) is 88.9 Å². The summed E-state index contributed by atoms with van der Waals surface area (Å²) in [6.45, 7) is 0.927. The van der Waals surface area contributed by atoms with Gasteiger partial charge in [-0.15, -0.1) is 0 Å². The summed E-state index contributed by atoms with van der Waals surface area (Å²) in [7, 11) is 0. The van der Waals surface area contributed by atoms with Gasteiger partial charge in [0.1, 0.15) is 0 Å². The van der Waals surface area contributed by atoms with E-state index in [-0.39, 0.29) is 0 Å². The fourth-order valence-electron chi connectivity index (χ4n) is 2.00. The Hall–Kier alpha value is -1.93. The van der Waals surface area contributed by atoms with Crippen molar-refractivity contribution in [3.8, 4) is 0 Å². The van der Waals surface area contributed by atoms with Gasteiger partial charge in [0.15, 0.2) is 0 Å². The highest BCUT2D eigenvalue weighted by Crippen LogP contribution is 2.27. The molecular formula is C17H15NS. The second kappa shape index (κ2) is 5.81. The molecule has 0 N–H and O–H groups in total. The van der Waals surface area contributed by atoms with Crippen molar-refractivity contribution in [3.05, 3.63) is 84.7 Å². The van der Waals surface area contributed by atoms with Crippen molar-refractivity contribution in [3.63, 3.8) is 0 Å². The SMILES string of the molecule is c1ccc(Cn2ccc(Sc3ccccc3)c2)cc1. The van der Waals surface area contributed by atoms with Gasteiger partial charge in [-0.05, 0) is 23.8 Å². The molecule has 2 aromatic carbocycles. The number of rotatable bonds is 4. The number of nitrogens with zero attached hydrogens (tertiary/aromatic N) is 1. The van der Waals surface area contributed by atoms with Crippen molar-refractivity contribution < 1.29 is 0 Å². The maximum atomic E-state index is 2.22. The number of hydrogen-bond donors (Lipinski definition) is 0. The van der Waals surface area contributed by atoms with Gasteiger partial charge in [-0.1, -0.05) is 60.3 Å². The lowest BCUT2D eigenvalue weighted by atomic mass is 10.2. The fraction of sp³-hybridized carbons (Fsp3) is 0.0588. The average Bonchev–Trinajstić information content (AvgIpc) is 2.88. The van der Waals surface area contributed by atoms with Crippen LogP contribution < -0.4 is 0 Å². The molecule has 0 saturated carbocycles. The first kappa shape index (κ1) is 12.1. The van der Waals surface area contributed by atoms with E-state index < -0.39 is 0 Å². The predicted octanol–water partition coefficient (Wildman–Crippen LogP) is 4.69. The monoisotopic (exact) mass is 265 g/mol. The van der Waals surface area contributed by atoms with Crippen LogP contribution in [0.3, 0.4) is 0 Å². The molecule has 0 amide bonds.